The summed E-state index contributed by atoms with van der Waals surface area (Å²) in [5.74, 6) is 0. The molecule has 2 rings (SSSR count). The lowest BCUT2D eigenvalue weighted by Gasteiger charge is -2.25. The van der Waals surface area contributed by atoms with Gasteiger partial charge in [-0.1, -0.05) is 24.6 Å². The van der Waals surface area contributed by atoms with Crippen molar-refractivity contribution in [1.82, 2.24) is 4.31 Å². The molecule has 0 spiro atoms. The Kier molecular flexibility index (Phi) is 4.02. The van der Waals surface area contributed by atoms with Crippen LogP contribution in [0.1, 0.15) is 42.9 Å². The van der Waals surface area contributed by atoms with Crippen LogP contribution in [0, 0.1) is 20.8 Å². The molecule has 1 atom stereocenters. The van der Waals surface area contributed by atoms with Crippen LogP contribution in [0.5, 0.6) is 0 Å². The van der Waals surface area contributed by atoms with E-state index in [-0.39, 0.29) is 6.04 Å². The van der Waals surface area contributed by atoms with Crippen molar-refractivity contribution in [1.29, 1.82) is 0 Å². The highest BCUT2D eigenvalue weighted by atomic mass is 32.2. The monoisotopic (exact) mass is 281 g/mol. The van der Waals surface area contributed by atoms with Gasteiger partial charge in [-0.15, -0.1) is 0 Å². The van der Waals surface area contributed by atoms with Gasteiger partial charge in [-0.05, 0) is 51.2 Å². The van der Waals surface area contributed by atoms with Gasteiger partial charge in [-0.2, -0.15) is 4.31 Å². The van der Waals surface area contributed by atoms with Gasteiger partial charge in [-0.25, -0.2) is 8.42 Å². The Morgan fingerprint density at radius 3 is 2.32 bits per heavy atom. The summed E-state index contributed by atoms with van der Waals surface area (Å²) < 4.78 is 27.5. The zero-order chi connectivity index (χ0) is 14.2. The van der Waals surface area contributed by atoms with E-state index < -0.39 is 10.0 Å². The summed E-state index contributed by atoms with van der Waals surface area (Å²) in [5, 5.41) is 0. The minimum absolute atomic E-state index is 0.171. The zero-order valence-corrected chi connectivity index (χ0v) is 13.0. The molecule has 1 saturated heterocycles. The van der Waals surface area contributed by atoms with E-state index >= 15 is 0 Å². The number of aryl methyl sites for hydroxylation is 3. The van der Waals surface area contributed by atoms with Crippen LogP contribution in [-0.2, 0) is 10.0 Å². The molecule has 0 radical (unpaired) electrons. The van der Waals surface area contributed by atoms with Gasteiger partial charge in [0.1, 0.15) is 0 Å². The smallest absolute Gasteiger partial charge is 0.207 e. The highest BCUT2D eigenvalue weighted by molar-refractivity contribution is 7.89. The van der Waals surface area contributed by atoms with Crippen molar-refractivity contribution in [2.45, 2.75) is 57.9 Å². The van der Waals surface area contributed by atoms with Gasteiger partial charge in [0.05, 0.1) is 4.90 Å². The Labute approximate surface area is 116 Å². The fourth-order valence-electron chi connectivity index (χ4n) is 3.22. The zero-order valence-electron chi connectivity index (χ0n) is 12.2. The maximum Gasteiger partial charge on any atom is 0.243 e. The van der Waals surface area contributed by atoms with Crippen molar-refractivity contribution >= 4 is 10.0 Å². The van der Waals surface area contributed by atoms with E-state index in [2.05, 4.69) is 6.92 Å². The van der Waals surface area contributed by atoms with Gasteiger partial charge in [0.25, 0.3) is 0 Å². The second-order valence-electron chi connectivity index (χ2n) is 5.55. The summed E-state index contributed by atoms with van der Waals surface area (Å²) in [6.45, 7) is 8.51. The molecule has 0 bridgehead atoms. The van der Waals surface area contributed by atoms with Gasteiger partial charge in [0, 0.05) is 12.6 Å². The SMILES string of the molecule is CCC1CCCN1S(=O)(=O)c1c(C)cc(C)cc1C. The number of nitrogens with zero attached hydrogens (tertiary/aromatic N) is 1. The maximum absolute atomic E-state index is 12.9. The predicted octanol–water partition coefficient (Wildman–Crippen LogP) is 3.17. The van der Waals surface area contributed by atoms with Crippen LogP contribution >= 0.6 is 0 Å². The first-order chi connectivity index (χ1) is 8.87. The molecule has 1 aliphatic heterocycles. The maximum atomic E-state index is 12.9. The number of hydrogen-bond donors (Lipinski definition) is 0. The van der Waals surface area contributed by atoms with Crippen molar-refractivity contribution in [2.75, 3.05) is 6.54 Å². The van der Waals surface area contributed by atoms with Gasteiger partial charge in [0.15, 0.2) is 0 Å². The molecule has 1 unspecified atom stereocenters. The summed E-state index contributed by atoms with van der Waals surface area (Å²) >= 11 is 0. The van der Waals surface area contributed by atoms with Gasteiger partial charge < -0.3 is 0 Å². The van der Waals surface area contributed by atoms with E-state index in [1.165, 1.54) is 0 Å². The first kappa shape index (κ1) is 14.5. The summed E-state index contributed by atoms with van der Waals surface area (Å²) in [6.07, 6.45) is 2.85. The summed E-state index contributed by atoms with van der Waals surface area (Å²) in [6, 6.07) is 4.08. The van der Waals surface area contributed by atoms with Crippen LogP contribution in [0.15, 0.2) is 17.0 Å². The lowest BCUT2D eigenvalue weighted by molar-refractivity contribution is 0.379. The molecule has 0 amide bonds. The van der Waals surface area contributed by atoms with Crippen molar-refractivity contribution in [3.05, 3.63) is 28.8 Å². The molecule has 1 aliphatic rings. The van der Waals surface area contributed by atoms with E-state index in [0.29, 0.717) is 11.4 Å². The molecule has 1 heterocycles. The first-order valence-corrected chi connectivity index (χ1v) is 8.41. The molecule has 0 N–H and O–H groups in total. The van der Waals surface area contributed by atoms with Crippen molar-refractivity contribution < 1.29 is 8.42 Å². The standard InChI is InChI=1S/C15H23NO2S/c1-5-14-7-6-8-16(14)19(17,18)15-12(3)9-11(2)10-13(15)4/h9-10,14H,5-8H2,1-4H3. The lowest BCUT2D eigenvalue weighted by Crippen LogP contribution is -2.35. The van der Waals surface area contributed by atoms with Gasteiger partial charge >= 0.3 is 0 Å². The molecular formula is C15H23NO2S. The van der Waals surface area contributed by atoms with E-state index in [4.69, 9.17) is 0 Å². The van der Waals surface area contributed by atoms with E-state index in [1.807, 2.05) is 32.9 Å². The largest absolute Gasteiger partial charge is 0.243 e. The quantitative estimate of drug-likeness (QED) is 0.853. The van der Waals surface area contributed by atoms with E-state index in [1.54, 1.807) is 4.31 Å². The summed E-state index contributed by atoms with van der Waals surface area (Å²) in [7, 11) is -3.34. The topological polar surface area (TPSA) is 37.4 Å². The average Bonchev–Trinajstić information content (AvgIpc) is 2.75. The molecular weight excluding hydrogens is 258 g/mol. The molecule has 3 nitrogen and oxygen atoms in total. The third kappa shape index (κ3) is 2.56. The van der Waals surface area contributed by atoms with E-state index in [9.17, 15) is 8.42 Å². The predicted molar refractivity (Wildman–Crippen MR) is 77.9 cm³/mol. The number of rotatable bonds is 3. The average molecular weight is 281 g/mol. The van der Waals surface area contributed by atoms with Crippen molar-refractivity contribution in [3.63, 3.8) is 0 Å². The molecule has 4 heteroatoms. The normalized spacial score (nSPS) is 20.9. The molecule has 0 saturated carbocycles. The molecule has 1 aromatic rings. The Balaban J connectivity index is 2.51. The number of benzene rings is 1. The molecule has 1 aromatic carbocycles. The Bertz CT molecular complexity index is 555. The first-order valence-electron chi connectivity index (χ1n) is 6.97. The molecule has 1 fully saturated rings. The molecule has 0 aromatic heterocycles. The summed E-state index contributed by atoms with van der Waals surface area (Å²) in [4.78, 5) is 0.512. The van der Waals surface area contributed by atoms with Gasteiger partial charge in [-0.3, -0.25) is 0 Å². The van der Waals surface area contributed by atoms with Crippen LogP contribution < -0.4 is 0 Å². The van der Waals surface area contributed by atoms with Gasteiger partial charge in [0.2, 0.25) is 10.0 Å². The second kappa shape index (κ2) is 5.25. The Morgan fingerprint density at radius 2 is 1.79 bits per heavy atom. The number of hydrogen-bond acceptors (Lipinski definition) is 2. The van der Waals surface area contributed by atoms with Crippen LogP contribution in [0.3, 0.4) is 0 Å². The third-order valence-corrected chi connectivity index (χ3v) is 6.22. The third-order valence-electron chi connectivity index (χ3n) is 3.97. The molecule has 19 heavy (non-hydrogen) atoms. The van der Waals surface area contributed by atoms with Crippen molar-refractivity contribution in [2.24, 2.45) is 0 Å². The minimum Gasteiger partial charge on any atom is -0.207 e. The summed E-state index contributed by atoms with van der Waals surface area (Å²) in [5.41, 5.74) is 2.83. The number of sulfonamides is 1. The molecule has 0 aliphatic carbocycles. The van der Waals surface area contributed by atoms with Crippen molar-refractivity contribution in [3.8, 4) is 0 Å². The second-order valence-corrected chi connectivity index (χ2v) is 7.38. The fourth-order valence-corrected chi connectivity index (χ4v) is 5.41. The highest BCUT2D eigenvalue weighted by Crippen LogP contribution is 2.31. The Hall–Kier alpha value is -0.870. The van der Waals surface area contributed by atoms with Crippen LogP contribution in [0.2, 0.25) is 0 Å². The van der Waals surface area contributed by atoms with Crippen LogP contribution in [0.25, 0.3) is 0 Å². The molecule has 106 valence electrons. The van der Waals surface area contributed by atoms with E-state index in [0.717, 1.165) is 36.0 Å². The minimum atomic E-state index is -3.34. The Morgan fingerprint density at radius 1 is 1.21 bits per heavy atom. The fraction of sp³-hybridized carbons (Fsp3) is 0.600. The lowest BCUT2D eigenvalue weighted by atomic mass is 10.1. The van der Waals surface area contributed by atoms with Crippen LogP contribution in [-0.4, -0.2) is 25.3 Å². The highest BCUT2D eigenvalue weighted by Gasteiger charge is 2.35. The van der Waals surface area contributed by atoms with Crippen LogP contribution in [0.4, 0.5) is 0 Å².